The maximum atomic E-state index is 12.9. The van der Waals surface area contributed by atoms with E-state index < -0.39 is 0 Å². The van der Waals surface area contributed by atoms with Crippen LogP contribution in [-0.4, -0.2) is 0 Å². The predicted octanol–water partition coefficient (Wildman–Crippen LogP) is 4.61. The summed E-state index contributed by atoms with van der Waals surface area (Å²) in [5.41, 5.74) is 7.08. The summed E-state index contributed by atoms with van der Waals surface area (Å²) in [6.07, 6.45) is 5.86. The number of hydrogen-bond acceptors (Lipinski definition) is 1. The van der Waals surface area contributed by atoms with E-state index in [1.165, 1.54) is 31.4 Å². The Balaban J connectivity index is 2.69. The summed E-state index contributed by atoms with van der Waals surface area (Å²) in [6, 6.07) is 6.60. The summed E-state index contributed by atoms with van der Waals surface area (Å²) in [5, 5.41) is 0. The smallest absolute Gasteiger partial charge is 0.123 e. The molecule has 0 saturated heterocycles. The molecule has 2 unspecified atom stereocenters. The molecule has 1 aromatic carbocycles. The Kier molecular flexibility index (Phi) is 5.80. The van der Waals surface area contributed by atoms with Crippen LogP contribution in [0.1, 0.15) is 58.4 Å². The maximum absolute atomic E-state index is 12.9. The van der Waals surface area contributed by atoms with E-state index in [-0.39, 0.29) is 11.4 Å². The van der Waals surface area contributed by atoms with Crippen LogP contribution in [0.4, 0.5) is 4.39 Å². The molecule has 0 amide bonds. The van der Waals surface area contributed by atoms with Crippen molar-refractivity contribution in [2.24, 2.45) is 11.7 Å². The van der Waals surface area contributed by atoms with Crippen LogP contribution < -0.4 is 5.73 Å². The van der Waals surface area contributed by atoms with Gasteiger partial charge >= 0.3 is 0 Å². The van der Waals surface area contributed by atoms with Crippen LogP contribution in [0.5, 0.6) is 0 Å². The molecular weight excluding hydrogens is 225 g/mol. The van der Waals surface area contributed by atoms with Gasteiger partial charge in [0, 0.05) is 5.54 Å². The monoisotopic (exact) mass is 251 g/mol. The van der Waals surface area contributed by atoms with Crippen molar-refractivity contribution >= 4 is 0 Å². The molecule has 1 nitrogen and oxygen atoms in total. The lowest BCUT2D eigenvalue weighted by atomic mass is 9.81. The van der Waals surface area contributed by atoms with Crippen LogP contribution in [0.25, 0.3) is 0 Å². The molecule has 0 aliphatic carbocycles. The van der Waals surface area contributed by atoms with Crippen molar-refractivity contribution in [1.82, 2.24) is 0 Å². The highest BCUT2D eigenvalue weighted by atomic mass is 19.1. The first-order valence-corrected chi connectivity index (χ1v) is 7.04. The molecule has 0 radical (unpaired) electrons. The van der Waals surface area contributed by atoms with Gasteiger partial charge in [0.15, 0.2) is 0 Å². The van der Waals surface area contributed by atoms with Crippen molar-refractivity contribution in [3.63, 3.8) is 0 Å². The number of halogens is 1. The summed E-state index contributed by atoms with van der Waals surface area (Å²) in [7, 11) is 0. The molecule has 1 rings (SSSR count). The number of benzene rings is 1. The zero-order valence-electron chi connectivity index (χ0n) is 11.9. The van der Waals surface area contributed by atoms with Gasteiger partial charge in [0.05, 0.1) is 0 Å². The van der Waals surface area contributed by atoms with Gasteiger partial charge in [-0.25, -0.2) is 4.39 Å². The molecular formula is C16H26FN. The average molecular weight is 251 g/mol. The molecule has 0 heterocycles. The second-order valence-corrected chi connectivity index (χ2v) is 5.54. The van der Waals surface area contributed by atoms with Gasteiger partial charge in [-0.05, 0) is 37.0 Å². The molecule has 18 heavy (non-hydrogen) atoms. The standard InChI is InChI=1S/C16H26FN/c1-4-6-7-13(5-2)12-16(3,18)14-8-10-15(17)11-9-14/h8-11,13H,4-7,12,18H2,1-3H3. The lowest BCUT2D eigenvalue weighted by Crippen LogP contribution is -2.35. The summed E-state index contributed by atoms with van der Waals surface area (Å²) < 4.78 is 12.9. The summed E-state index contributed by atoms with van der Waals surface area (Å²) >= 11 is 0. The molecule has 0 aliphatic heterocycles. The minimum atomic E-state index is -0.359. The van der Waals surface area contributed by atoms with Crippen molar-refractivity contribution in [1.29, 1.82) is 0 Å². The fraction of sp³-hybridized carbons (Fsp3) is 0.625. The van der Waals surface area contributed by atoms with Crippen molar-refractivity contribution in [3.05, 3.63) is 35.6 Å². The first-order valence-electron chi connectivity index (χ1n) is 7.04. The van der Waals surface area contributed by atoms with Crippen molar-refractivity contribution in [2.75, 3.05) is 0 Å². The third-order valence-corrected chi connectivity index (χ3v) is 3.76. The van der Waals surface area contributed by atoms with E-state index in [9.17, 15) is 4.39 Å². The summed E-state index contributed by atoms with van der Waals surface area (Å²) in [5.74, 6) is 0.456. The van der Waals surface area contributed by atoms with Crippen LogP contribution in [0, 0.1) is 11.7 Å². The normalized spacial score (nSPS) is 16.3. The Morgan fingerprint density at radius 3 is 2.33 bits per heavy atom. The summed E-state index contributed by atoms with van der Waals surface area (Å²) in [6.45, 7) is 6.49. The topological polar surface area (TPSA) is 26.0 Å². The third-order valence-electron chi connectivity index (χ3n) is 3.76. The number of nitrogens with two attached hydrogens (primary N) is 1. The fourth-order valence-corrected chi connectivity index (χ4v) is 2.49. The van der Waals surface area contributed by atoms with Gasteiger partial charge in [0.1, 0.15) is 5.82 Å². The quantitative estimate of drug-likeness (QED) is 0.752. The molecule has 102 valence electrons. The lowest BCUT2D eigenvalue weighted by Gasteiger charge is -2.30. The van der Waals surface area contributed by atoms with Gasteiger partial charge in [0.25, 0.3) is 0 Å². The van der Waals surface area contributed by atoms with Crippen LogP contribution in [0.3, 0.4) is 0 Å². The van der Waals surface area contributed by atoms with E-state index in [0.29, 0.717) is 5.92 Å². The van der Waals surface area contributed by atoms with Crippen LogP contribution in [0.2, 0.25) is 0 Å². The van der Waals surface area contributed by atoms with Crippen molar-refractivity contribution in [2.45, 2.75) is 58.4 Å². The highest BCUT2D eigenvalue weighted by Gasteiger charge is 2.24. The van der Waals surface area contributed by atoms with Gasteiger partial charge in [0.2, 0.25) is 0 Å². The molecule has 1 aromatic rings. The zero-order chi connectivity index (χ0) is 13.6. The predicted molar refractivity (Wildman–Crippen MR) is 75.9 cm³/mol. The van der Waals surface area contributed by atoms with Crippen molar-refractivity contribution in [3.8, 4) is 0 Å². The van der Waals surface area contributed by atoms with E-state index in [1.54, 1.807) is 0 Å². The Hall–Kier alpha value is -0.890. The van der Waals surface area contributed by atoms with E-state index >= 15 is 0 Å². The fourth-order valence-electron chi connectivity index (χ4n) is 2.49. The van der Waals surface area contributed by atoms with Gasteiger partial charge in [-0.1, -0.05) is 51.7 Å². The highest BCUT2D eigenvalue weighted by molar-refractivity contribution is 5.23. The maximum Gasteiger partial charge on any atom is 0.123 e. The minimum absolute atomic E-state index is 0.201. The van der Waals surface area contributed by atoms with Crippen molar-refractivity contribution < 1.29 is 4.39 Å². The van der Waals surface area contributed by atoms with Gasteiger partial charge in [-0.3, -0.25) is 0 Å². The third kappa shape index (κ3) is 4.41. The molecule has 0 spiro atoms. The SMILES string of the molecule is CCCCC(CC)CC(C)(N)c1ccc(F)cc1. The first-order chi connectivity index (χ1) is 8.49. The Labute approximate surface area is 111 Å². The highest BCUT2D eigenvalue weighted by Crippen LogP contribution is 2.29. The number of unbranched alkanes of at least 4 members (excludes halogenated alkanes) is 1. The second-order valence-electron chi connectivity index (χ2n) is 5.54. The number of rotatable bonds is 7. The second kappa shape index (κ2) is 6.89. The Morgan fingerprint density at radius 2 is 1.83 bits per heavy atom. The van der Waals surface area contributed by atoms with E-state index in [0.717, 1.165) is 18.4 Å². The molecule has 0 fully saturated rings. The molecule has 0 aromatic heterocycles. The minimum Gasteiger partial charge on any atom is -0.322 e. The van der Waals surface area contributed by atoms with E-state index in [1.807, 2.05) is 12.1 Å². The van der Waals surface area contributed by atoms with E-state index in [4.69, 9.17) is 5.73 Å². The molecule has 2 atom stereocenters. The van der Waals surface area contributed by atoms with Gasteiger partial charge in [-0.15, -0.1) is 0 Å². The molecule has 2 N–H and O–H groups in total. The van der Waals surface area contributed by atoms with Gasteiger partial charge in [-0.2, -0.15) is 0 Å². The Bertz CT molecular complexity index is 343. The van der Waals surface area contributed by atoms with Crippen LogP contribution in [-0.2, 0) is 5.54 Å². The Morgan fingerprint density at radius 1 is 1.22 bits per heavy atom. The van der Waals surface area contributed by atoms with E-state index in [2.05, 4.69) is 20.8 Å². The van der Waals surface area contributed by atoms with Gasteiger partial charge < -0.3 is 5.73 Å². The largest absolute Gasteiger partial charge is 0.322 e. The number of hydrogen-bond donors (Lipinski definition) is 1. The first kappa shape index (κ1) is 15.2. The average Bonchev–Trinajstić information content (AvgIpc) is 2.35. The molecule has 0 saturated carbocycles. The van der Waals surface area contributed by atoms with Crippen LogP contribution in [0.15, 0.2) is 24.3 Å². The van der Waals surface area contributed by atoms with Crippen LogP contribution >= 0.6 is 0 Å². The molecule has 0 aliphatic rings. The summed E-state index contributed by atoms with van der Waals surface area (Å²) in [4.78, 5) is 0. The molecule has 2 heteroatoms. The molecule has 0 bridgehead atoms. The lowest BCUT2D eigenvalue weighted by molar-refractivity contribution is 0.315. The zero-order valence-corrected chi connectivity index (χ0v) is 11.9.